The van der Waals surface area contributed by atoms with Gasteiger partial charge in [0.2, 0.25) is 0 Å². The number of hydrogen-bond acceptors (Lipinski definition) is 0. The summed E-state index contributed by atoms with van der Waals surface area (Å²) in [7, 11) is 0. The van der Waals surface area contributed by atoms with E-state index in [9.17, 15) is 0 Å². The molecule has 0 saturated carbocycles. The van der Waals surface area contributed by atoms with Gasteiger partial charge in [0.1, 0.15) is 0 Å². The van der Waals surface area contributed by atoms with Crippen LogP contribution in [0.5, 0.6) is 0 Å². The molecule has 0 spiro atoms. The predicted octanol–water partition coefficient (Wildman–Crippen LogP) is 11.8. The van der Waals surface area contributed by atoms with Crippen molar-refractivity contribution >= 4 is 61.3 Å². The third kappa shape index (κ3) is 5.51. The molecule has 0 heterocycles. The molecule has 246 valence electrons. The minimum atomic E-state index is -0.0630. The van der Waals surface area contributed by atoms with Gasteiger partial charge in [-0.2, -0.15) is 0 Å². The molecular formula is C51H42. The molecule has 1 atom stereocenters. The van der Waals surface area contributed by atoms with Crippen molar-refractivity contribution in [1.29, 1.82) is 0 Å². The molecule has 2 aliphatic rings. The molecular weight excluding hydrogens is 613 g/mol. The fourth-order valence-electron chi connectivity index (χ4n) is 8.38. The molecule has 0 aromatic heterocycles. The maximum atomic E-state index is 4.67. The molecule has 0 fully saturated rings. The highest BCUT2D eigenvalue weighted by Crippen LogP contribution is 2.41. The number of allylic oxidation sites excluding steroid dienone is 7. The van der Waals surface area contributed by atoms with Crippen molar-refractivity contribution in [3.63, 3.8) is 0 Å². The summed E-state index contributed by atoms with van der Waals surface area (Å²) in [6.07, 6.45) is 26.2. The van der Waals surface area contributed by atoms with Crippen LogP contribution in [0.2, 0.25) is 0 Å². The Kier molecular flexibility index (Phi) is 8.09. The van der Waals surface area contributed by atoms with Crippen LogP contribution in [0.1, 0.15) is 43.9 Å². The summed E-state index contributed by atoms with van der Waals surface area (Å²) >= 11 is 0. The monoisotopic (exact) mass is 654 g/mol. The molecule has 7 aromatic rings. The van der Waals surface area contributed by atoms with E-state index in [2.05, 4.69) is 186 Å². The maximum Gasteiger partial charge on any atom is -0.00206 e. The second kappa shape index (κ2) is 12.8. The quantitative estimate of drug-likeness (QED) is 0.129. The van der Waals surface area contributed by atoms with Crippen LogP contribution in [-0.2, 0) is 11.8 Å². The molecule has 2 aliphatic carbocycles. The zero-order valence-electron chi connectivity index (χ0n) is 29.7. The molecule has 51 heavy (non-hydrogen) atoms. The van der Waals surface area contributed by atoms with Gasteiger partial charge in [-0.05, 0) is 117 Å². The van der Waals surface area contributed by atoms with Gasteiger partial charge in [0, 0.05) is 0 Å². The molecule has 0 aliphatic heterocycles. The van der Waals surface area contributed by atoms with Gasteiger partial charge in [0.15, 0.2) is 0 Å². The van der Waals surface area contributed by atoms with Crippen molar-refractivity contribution in [2.24, 2.45) is 5.92 Å². The van der Waals surface area contributed by atoms with Crippen molar-refractivity contribution in [2.45, 2.75) is 39.0 Å². The van der Waals surface area contributed by atoms with E-state index in [1.807, 2.05) is 0 Å². The Balaban J connectivity index is 0.00000184. The van der Waals surface area contributed by atoms with Gasteiger partial charge in [0.05, 0.1) is 0 Å². The average Bonchev–Trinajstić information content (AvgIpc) is 3.21. The SMILES string of the molecule is C#C.C=c1/c2ccc3cccc(c13)/C=C\C(C)\C=C/C=2C1=C/CC(C)(C)c2cc(-c3ccc4ccc5cccc6ccc3c4c56)ccc2C/C=C\1. The van der Waals surface area contributed by atoms with Crippen molar-refractivity contribution in [3.05, 3.63) is 172 Å². The smallest absolute Gasteiger partial charge is 0.00206 e. The Hall–Kier alpha value is -5.90. The van der Waals surface area contributed by atoms with Gasteiger partial charge in [0.25, 0.3) is 0 Å². The van der Waals surface area contributed by atoms with Crippen molar-refractivity contribution in [3.8, 4) is 24.0 Å². The normalized spacial score (nSPS) is 20.7. The second-order valence-corrected chi connectivity index (χ2v) is 14.7. The number of benzene rings is 7. The Morgan fingerprint density at radius 2 is 1.35 bits per heavy atom. The van der Waals surface area contributed by atoms with Crippen molar-refractivity contribution in [1.82, 2.24) is 0 Å². The first kappa shape index (κ1) is 32.3. The van der Waals surface area contributed by atoms with E-state index < -0.39 is 0 Å². The highest BCUT2D eigenvalue weighted by atomic mass is 14.3. The van der Waals surface area contributed by atoms with Crippen LogP contribution < -0.4 is 10.4 Å². The first-order valence-corrected chi connectivity index (χ1v) is 18.0. The highest BCUT2D eigenvalue weighted by Gasteiger charge is 2.25. The fourth-order valence-corrected chi connectivity index (χ4v) is 8.38. The molecule has 2 bridgehead atoms. The molecule has 9 rings (SSSR count). The molecule has 0 heteroatoms. The van der Waals surface area contributed by atoms with Crippen molar-refractivity contribution < 1.29 is 0 Å². The van der Waals surface area contributed by atoms with Crippen LogP contribution in [0.15, 0.2) is 145 Å². The summed E-state index contributed by atoms with van der Waals surface area (Å²) in [4.78, 5) is 0. The Morgan fingerprint density at radius 1 is 0.686 bits per heavy atom. The van der Waals surface area contributed by atoms with E-state index in [-0.39, 0.29) is 5.41 Å². The number of hydrogen-bond donors (Lipinski definition) is 0. The van der Waals surface area contributed by atoms with E-state index in [0.29, 0.717) is 5.92 Å². The van der Waals surface area contributed by atoms with Crippen LogP contribution in [-0.4, -0.2) is 0 Å². The number of terminal acetylenes is 1. The summed E-state index contributed by atoms with van der Waals surface area (Å²) < 4.78 is 0. The second-order valence-electron chi connectivity index (χ2n) is 14.7. The number of fused-ring (bicyclic) bond motifs is 2. The summed E-state index contributed by atoms with van der Waals surface area (Å²) in [5.74, 6) is 0.322. The third-order valence-corrected chi connectivity index (χ3v) is 11.1. The predicted molar refractivity (Wildman–Crippen MR) is 224 cm³/mol. The zero-order valence-corrected chi connectivity index (χ0v) is 29.7. The molecule has 1 unspecified atom stereocenters. The Bertz CT molecular complexity index is 2740. The van der Waals surface area contributed by atoms with Gasteiger partial charge in [-0.25, -0.2) is 0 Å². The zero-order chi connectivity index (χ0) is 35.3. The van der Waals surface area contributed by atoms with E-state index in [1.165, 1.54) is 87.3 Å². The van der Waals surface area contributed by atoms with Crippen molar-refractivity contribution in [2.75, 3.05) is 0 Å². The van der Waals surface area contributed by atoms with E-state index in [0.717, 1.165) is 18.1 Å². The lowest BCUT2D eigenvalue weighted by molar-refractivity contribution is 0.529. The lowest BCUT2D eigenvalue weighted by Crippen LogP contribution is -2.27. The minimum Gasteiger partial charge on any atom is -0.124 e. The van der Waals surface area contributed by atoms with Gasteiger partial charge >= 0.3 is 0 Å². The summed E-state index contributed by atoms with van der Waals surface area (Å²) in [6, 6.07) is 38.7. The largest absolute Gasteiger partial charge is 0.124 e. The van der Waals surface area contributed by atoms with E-state index in [4.69, 9.17) is 0 Å². The average molecular weight is 655 g/mol. The molecule has 0 N–H and O–H groups in total. The first-order valence-electron chi connectivity index (χ1n) is 18.0. The first-order chi connectivity index (χ1) is 24.9. The lowest BCUT2D eigenvalue weighted by atomic mass is 9.77. The molecule has 0 amide bonds. The summed E-state index contributed by atoms with van der Waals surface area (Å²) in [5.41, 5.74) is 9.11. The molecule has 0 nitrogen and oxygen atoms in total. The Morgan fingerprint density at radius 3 is 2.16 bits per heavy atom. The topological polar surface area (TPSA) is 0 Å². The van der Waals surface area contributed by atoms with E-state index >= 15 is 0 Å². The van der Waals surface area contributed by atoms with Gasteiger partial charge in [-0.15, -0.1) is 12.8 Å². The Labute approximate surface area is 301 Å². The summed E-state index contributed by atoms with van der Waals surface area (Å²) in [5, 5.41) is 12.8. The maximum absolute atomic E-state index is 4.67. The summed E-state index contributed by atoms with van der Waals surface area (Å²) in [6.45, 7) is 11.8. The number of rotatable bonds is 2. The van der Waals surface area contributed by atoms with Crippen LogP contribution >= 0.6 is 0 Å². The third-order valence-electron chi connectivity index (χ3n) is 11.1. The van der Waals surface area contributed by atoms with Crippen LogP contribution in [0.25, 0.3) is 72.4 Å². The van der Waals surface area contributed by atoms with Gasteiger partial charge in [-0.3, -0.25) is 0 Å². The van der Waals surface area contributed by atoms with E-state index in [1.54, 1.807) is 0 Å². The van der Waals surface area contributed by atoms with Gasteiger partial charge < -0.3 is 0 Å². The van der Waals surface area contributed by atoms with Crippen LogP contribution in [0.3, 0.4) is 0 Å². The minimum absolute atomic E-state index is 0.0630. The molecule has 7 aromatic carbocycles. The fraction of sp³-hybridized carbons (Fsp3) is 0.137. The molecule has 0 radical (unpaired) electrons. The van der Waals surface area contributed by atoms with Gasteiger partial charge in [-0.1, -0.05) is 173 Å². The lowest BCUT2D eigenvalue weighted by Gasteiger charge is -2.27. The van der Waals surface area contributed by atoms with Crippen LogP contribution in [0, 0.1) is 18.8 Å². The van der Waals surface area contributed by atoms with Crippen LogP contribution in [0.4, 0.5) is 0 Å². The molecule has 0 saturated heterocycles. The highest BCUT2D eigenvalue weighted by molar-refractivity contribution is 6.25. The standard InChI is InChI=1S/C49H40.C2H2/c1-31-14-16-35-10-6-11-36-21-25-41(32(2)46(35)36)42(24-15-31)33-8-5-9-34-17-20-40(30-45(34)49(3,4)29-28-33)43-26-22-39-19-18-37-12-7-13-38-23-27-44(43)48(39)47(37)38;1-2/h5-8,10-28,30-31H,2,9,29H2,1,3-4H3;1-2H/b8-5-,16-14-,24-15-,33-28+,42-41+;.